The van der Waals surface area contributed by atoms with Crippen molar-refractivity contribution in [2.75, 3.05) is 5.73 Å². The first-order valence-electron chi connectivity index (χ1n) is 10.3. The molecule has 0 aliphatic rings. The SMILES string of the molecule is C/C(=N/NC(=O)c1nnn(-c2nonc2N)c1-c1ccc(Cl)c(Cl)c1)c1cccc2ccccc12. The van der Waals surface area contributed by atoms with Crippen molar-refractivity contribution >= 4 is 51.4 Å². The number of hydrogen-bond acceptors (Lipinski definition) is 8. The molecule has 0 spiro atoms. The Morgan fingerprint density at radius 3 is 2.63 bits per heavy atom. The maximum Gasteiger partial charge on any atom is 0.294 e. The second-order valence-corrected chi connectivity index (χ2v) is 8.28. The number of nitrogens with zero attached hydrogens (tertiary/aromatic N) is 6. The molecule has 5 rings (SSSR count). The third kappa shape index (κ3) is 4.20. The Kier molecular flexibility index (Phi) is 5.89. The second kappa shape index (κ2) is 9.16. The summed E-state index contributed by atoms with van der Waals surface area (Å²) >= 11 is 12.3. The van der Waals surface area contributed by atoms with Crippen LogP contribution in [0.1, 0.15) is 23.0 Å². The summed E-state index contributed by atoms with van der Waals surface area (Å²) in [5.74, 6) is -0.576. The van der Waals surface area contributed by atoms with E-state index in [4.69, 9.17) is 28.9 Å². The average molecular weight is 507 g/mol. The first kappa shape index (κ1) is 22.5. The summed E-state index contributed by atoms with van der Waals surface area (Å²) in [6, 6.07) is 18.6. The van der Waals surface area contributed by atoms with Crippen molar-refractivity contribution < 1.29 is 9.42 Å². The number of hydrogen-bond donors (Lipinski definition) is 2. The summed E-state index contributed by atoms with van der Waals surface area (Å²) in [5.41, 5.74) is 10.6. The fourth-order valence-corrected chi connectivity index (χ4v) is 3.91. The second-order valence-electron chi connectivity index (χ2n) is 7.47. The highest BCUT2D eigenvalue weighted by molar-refractivity contribution is 6.42. The third-order valence-corrected chi connectivity index (χ3v) is 6.02. The van der Waals surface area contributed by atoms with E-state index in [9.17, 15) is 4.79 Å². The van der Waals surface area contributed by atoms with Gasteiger partial charge in [0, 0.05) is 11.1 Å². The first-order valence-corrected chi connectivity index (χ1v) is 11.0. The molecule has 0 radical (unpaired) electrons. The predicted molar refractivity (Wildman–Crippen MR) is 133 cm³/mol. The topological polar surface area (TPSA) is 137 Å². The molecule has 0 unspecified atom stereocenters. The van der Waals surface area contributed by atoms with Gasteiger partial charge in [-0.15, -0.1) is 5.10 Å². The van der Waals surface area contributed by atoms with Crippen LogP contribution in [0.5, 0.6) is 0 Å². The van der Waals surface area contributed by atoms with Crippen LogP contribution in [-0.4, -0.2) is 36.9 Å². The lowest BCUT2D eigenvalue weighted by Gasteiger charge is -2.08. The van der Waals surface area contributed by atoms with Crippen molar-refractivity contribution in [1.82, 2.24) is 30.7 Å². The van der Waals surface area contributed by atoms with Crippen molar-refractivity contribution in [2.45, 2.75) is 6.92 Å². The molecule has 3 N–H and O–H groups in total. The van der Waals surface area contributed by atoms with Gasteiger partial charge >= 0.3 is 0 Å². The minimum Gasteiger partial charge on any atom is -0.378 e. The maximum atomic E-state index is 13.2. The van der Waals surface area contributed by atoms with Crippen LogP contribution < -0.4 is 11.2 Å². The van der Waals surface area contributed by atoms with E-state index < -0.39 is 5.91 Å². The van der Waals surface area contributed by atoms with Crippen molar-refractivity contribution in [3.8, 4) is 17.1 Å². The van der Waals surface area contributed by atoms with E-state index in [2.05, 4.69) is 35.8 Å². The number of aromatic nitrogens is 5. The Morgan fingerprint density at radius 2 is 1.86 bits per heavy atom. The summed E-state index contributed by atoms with van der Waals surface area (Å²) in [4.78, 5) is 13.2. The standard InChI is InChI=1S/C23H16Cl2N8O2/c1-12(15-8-4-6-13-5-2-3-7-16(13)15)27-29-23(34)19-20(14-9-10-17(24)18(25)11-14)33(32-28-19)22-21(26)30-35-31-22/h2-11H,1H3,(H2,26,30)(H,29,34)/b27-12-. The van der Waals surface area contributed by atoms with Crippen molar-refractivity contribution in [3.63, 3.8) is 0 Å². The van der Waals surface area contributed by atoms with Crippen LogP contribution in [0.2, 0.25) is 10.0 Å². The van der Waals surface area contributed by atoms with E-state index >= 15 is 0 Å². The molecule has 0 aliphatic heterocycles. The van der Waals surface area contributed by atoms with E-state index in [0.29, 0.717) is 16.3 Å². The smallest absolute Gasteiger partial charge is 0.294 e. The van der Waals surface area contributed by atoms with Crippen LogP contribution in [0.25, 0.3) is 27.8 Å². The number of rotatable bonds is 5. The van der Waals surface area contributed by atoms with Crippen LogP contribution in [0.15, 0.2) is 70.4 Å². The lowest BCUT2D eigenvalue weighted by atomic mass is 10.0. The fraction of sp³-hybridized carbons (Fsp3) is 0.0435. The molecule has 0 aliphatic carbocycles. The van der Waals surface area contributed by atoms with Gasteiger partial charge in [0.25, 0.3) is 5.91 Å². The van der Waals surface area contributed by atoms with E-state index in [1.165, 1.54) is 4.68 Å². The highest BCUT2D eigenvalue weighted by Crippen LogP contribution is 2.31. The van der Waals surface area contributed by atoms with Crippen LogP contribution in [0, 0.1) is 0 Å². The van der Waals surface area contributed by atoms with E-state index in [-0.39, 0.29) is 28.0 Å². The number of carbonyl (C=O) groups excluding carboxylic acids is 1. The molecule has 0 fully saturated rings. The summed E-state index contributed by atoms with van der Waals surface area (Å²) in [6.07, 6.45) is 0. The van der Waals surface area contributed by atoms with Gasteiger partial charge in [-0.2, -0.15) is 9.78 Å². The number of anilines is 1. The van der Waals surface area contributed by atoms with Gasteiger partial charge < -0.3 is 5.73 Å². The van der Waals surface area contributed by atoms with Crippen LogP contribution in [-0.2, 0) is 0 Å². The van der Waals surface area contributed by atoms with E-state index in [1.54, 1.807) is 25.1 Å². The number of nitrogens with one attached hydrogen (secondary N) is 1. The highest BCUT2D eigenvalue weighted by atomic mass is 35.5. The lowest BCUT2D eigenvalue weighted by Crippen LogP contribution is -2.21. The van der Waals surface area contributed by atoms with E-state index in [0.717, 1.165) is 16.3 Å². The highest BCUT2D eigenvalue weighted by Gasteiger charge is 2.25. The molecular weight excluding hydrogens is 491 g/mol. The molecule has 5 aromatic rings. The van der Waals surface area contributed by atoms with Gasteiger partial charge in [0.15, 0.2) is 5.69 Å². The molecule has 174 valence electrons. The van der Waals surface area contributed by atoms with Crippen molar-refractivity contribution in [2.24, 2.45) is 5.10 Å². The number of halogens is 2. The monoisotopic (exact) mass is 506 g/mol. The largest absolute Gasteiger partial charge is 0.378 e. The molecule has 2 heterocycles. The summed E-state index contributed by atoms with van der Waals surface area (Å²) in [7, 11) is 0. The summed E-state index contributed by atoms with van der Waals surface area (Å²) < 4.78 is 5.92. The number of hydrazone groups is 1. The average Bonchev–Trinajstić information content (AvgIpc) is 3.49. The number of nitrogens with two attached hydrogens (primary N) is 1. The van der Waals surface area contributed by atoms with Crippen molar-refractivity contribution in [1.29, 1.82) is 0 Å². The van der Waals surface area contributed by atoms with E-state index in [1.807, 2.05) is 42.5 Å². The molecule has 0 saturated heterocycles. The Balaban J connectivity index is 1.54. The zero-order chi connectivity index (χ0) is 24.5. The molecule has 1 amide bonds. The van der Waals surface area contributed by atoms with Crippen LogP contribution in [0.4, 0.5) is 5.82 Å². The van der Waals surface area contributed by atoms with Gasteiger partial charge in [0.05, 0.1) is 15.8 Å². The molecule has 35 heavy (non-hydrogen) atoms. The first-order chi connectivity index (χ1) is 16.9. The maximum absolute atomic E-state index is 13.2. The third-order valence-electron chi connectivity index (χ3n) is 5.28. The molecule has 0 saturated carbocycles. The Bertz CT molecular complexity index is 1600. The lowest BCUT2D eigenvalue weighted by molar-refractivity contribution is 0.0950. The minimum atomic E-state index is -0.605. The number of nitrogen functional groups attached to an aromatic ring is 1. The molecular formula is C23H16Cl2N8O2. The summed E-state index contributed by atoms with van der Waals surface area (Å²) in [6.45, 7) is 1.81. The van der Waals surface area contributed by atoms with Gasteiger partial charge in [-0.3, -0.25) is 4.79 Å². The van der Waals surface area contributed by atoms with Gasteiger partial charge in [-0.1, -0.05) is 76.9 Å². The normalized spacial score (nSPS) is 11.7. The van der Waals surface area contributed by atoms with Crippen molar-refractivity contribution in [3.05, 3.63) is 82.0 Å². The van der Waals surface area contributed by atoms with Gasteiger partial charge in [0.2, 0.25) is 11.6 Å². The zero-order valence-corrected chi connectivity index (χ0v) is 19.6. The number of amides is 1. The van der Waals surface area contributed by atoms with Crippen LogP contribution >= 0.6 is 23.2 Å². The Hall–Kier alpha value is -4.28. The number of benzene rings is 3. The van der Waals surface area contributed by atoms with Gasteiger partial charge in [0.1, 0.15) is 5.69 Å². The predicted octanol–water partition coefficient (Wildman–Crippen LogP) is 4.51. The van der Waals surface area contributed by atoms with Gasteiger partial charge in [-0.25, -0.2) is 10.1 Å². The molecule has 0 atom stereocenters. The molecule has 10 nitrogen and oxygen atoms in total. The fourth-order valence-electron chi connectivity index (χ4n) is 3.61. The quantitative estimate of drug-likeness (QED) is 0.264. The summed E-state index contributed by atoms with van der Waals surface area (Å²) in [5, 5.41) is 22.4. The van der Waals surface area contributed by atoms with Gasteiger partial charge in [-0.05, 0) is 40.1 Å². The molecule has 3 aromatic carbocycles. The number of carbonyl (C=O) groups is 1. The molecule has 0 bridgehead atoms. The number of fused-ring (bicyclic) bond motifs is 1. The molecule has 2 aromatic heterocycles. The minimum absolute atomic E-state index is 0.0343. The Labute approximate surface area is 208 Å². The molecule has 12 heteroatoms. The van der Waals surface area contributed by atoms with Crippen LogP contribution in [0.3, 0.4) is 0 Å². The zero-order valence-electron chi connectivity index (χ0n) is 18.1. The Morgan fingerprint density at radius 1 is 1.06 bits per heavy atom.